The van der Waals surface area contributed by atoms with Gasteiger partial charge in [0.2, 0.25) is 0 Å². The molecule has 0 saturated carbocycles. The van der Waals surface area contributed by atoms with Crippen molar-refractivity contribution in [1.29, 1.82) is 0 Å². The van der Waals surface area contributed by atoms with Gasteiger partial charge in [-0.05, 0) is 22.4 Å². The summed E-state index contributed by atoms with van der Waals surface area (Å²) in [5.74, 6) is 0.513. The lowest BCUT2D eigenvalue weighted by Crippen LogP contribution is -2.16. The first-order chi connectivity index (χ1) is 7.25. The van der Waals surface area contributed by atoms with Gasteiger partial charge in [0, 0.05) is 12.8 Å². The van der Waals surface area contributed by atoms with E-state index < -0.39 is 0 Å². The summed E-state index contributed by atoms with van der Waals surface area (Å²) in [6.45, 7) is 2.88. The molecular weight excluding hydrogens is 262 g/mol. The number of nitrogens with two attached hydrogens (primary N) is 1. The van der Waals surface area contributed by atoms with Crippen LogP contribution in [0.25, 0.3) is 0 Å². The smallest absolute Gasteiger partial charge is 0.159 e. The van der Waals surface area contributed by atoms with E-state index in [1.165, 1.54) is 0 Å². The summed E-state index contributed by atoms with van der Waals surface area (Å²) in [7, 11) is 0. The van der Waals surface area contributed by atoms with Gasteiger partial charge in [-0.15, -0.1) is 0 Å². The Hall–Kier alpha value is -0.590. The molecule has 1 saturated heterocycles. The molecule has 2 rings (SSSR count). The molecule has 15 heavy (non-hydrogen) atoms. The Morgan fingerprint density at radius 2 is 2.60 bits per heavy atom. The summed E-state index contributed by atoms with van der Waals surface area (Å²) in [4.78, 5) is 0. The molecule has 1 aliphatic heterocycles. The van der Waals surface area contributed by atoms with Crippen LogP contribution >= 0.6 is 15.9 Å². The number of rotatable bonds is 4. The van der Waals surface area contributed by atoms with Gasteiger partial charge in [-0.25, -0.2) is 0 Å². The third kappa shape index (κ3) is 2.93. The number of aromatic nitrogens is 2. The van der Waals surface area contributed by atoms with Crippen molar-refractivity contribution in [1.82, 2.24) is 9.78 Å². The van der Waals surface area contributed by atoms with Crippen molar-refractivity contribution >= 4 is 21.7 Å². The van der Waals surface area contributed by atoms with Gasteiger partial charge < -0.3 is 15.2 Å². The van der Waals surface area contributed by atoms with Crippen LogP contribution in [0.3, 0.4) is 0 Å². The Balaban J connectivity index is 1.73. The Morgan fingerprint density at radius 1 is 1.73 bits per heavy atom. The monoisotopic (exact) mass is 275 g/mol. The maximum Gasteiger partial charge on any atom is 0.159 e. The molecule has 5 nitrogen and oxygen atoms in total. The van der Waals surface area contributed by atoms with Crippen LogP contribution in [-0.4, -0.2) is 35.7 Å². The molecule has 1 aromatic heterocycles. The van der Waals surface area contributed by atoms with E-state index in [4.69, 9.17) is 15.2 Å². The topological polar surface area (TPSA) is 62.3 Å². The molecule has 1 aliphatic rings. The predicted octanol–water partition coefficient (Wildman–Crippen LogP) is 1.03. The van der Waals surface area contributed by atoms with E-state index in [0.717, 1.165) is 17.5 Å². The predicted molar refractivity (Wildman–Crippen MR) is 59.5 cm³/mol. The van der Waals surface area contributed by atoms with Crippen molar-refractivity contribution < 1.29 is 9.47 Å². The van der Waals surface area contributed by atoms with E-state index >= 15 is 0 Å². The molecule has 0 aromatic carbocycles. The standard InChI is InChI=1S/C9H14BrN3O2/c10-8-5-13(12-9(8)11)2-4-15-7-1-3-14-6-7/h5,7H,1-4,6H2,(H2,11,12). The maximum atomic E-state index is 5.61. The third-order valence-corrected chi connectivity index (χ3v) is 2.92. The van der Waals surface area contributed by atoms with Crippen LogP contribution in [0, 0.1) is 0 Å². The normalized spacial score (nSPS) is 21.0. The van der Waals surface area contributed by atoms with Crippen molar-refractivity contribution in [2.24, 2.45) is 0 Å². The van der Waals surface area contributed by atoms with Crippen LogP contribution in [0.15, 0.2) is 10.7 Å². The van der Waals surface area contributed by atoms with Crippen LogP contribution in [0.5, 0.6) is 0 Å². The zero-order chi connectivity index (χ0) is 10.7. The summed E-state index contributed by atoms with van der Waals surface area (Å²) in [5, 5.41) is 4.11. The van der Waals surface area contributed by atoms with Crippen LogP contribution in [-0.2, 0) is 16.0 Å². The van der Waals surface area contributed by atoms with Crippen molar-refractivity contribution in [3.63, 3.8) is 0 Å². The number of hydrogen-bond donors (Lipinski definition) is 1. The quantitative estimate of drug-likeness (QED) is 0.892. The second kappa shape index (κ2) is 4.96. The first-order valence-electron chi connectivity index (χ1n) is 4.93. The second-order valence-corrected chi connectivity index (χ2v) is 4.34. The number of nitrogens with zero attached hydrogens (tertiary/aromatic N) is 2. The first-order valence-corrected chi connectivity index (χ1v) is 5.73. The van der Waals surface area contributed by atoms with Crippen LogP contribution in [0.2, 0.25) is 0 Å². The average molecular weight is 276 g/mol. The van der Waals surface area contributed by atoms with Gasteiger partial charge in [0.15, 0.2) is 5.82 Å². The number of halogens is 1. The molecule has 0 aliphatic carbocycles. The van der Waals surface area contributed by atoms with E-state index in [-0.39, 0.29) is 6.10 Å². The van der Waals surface area contributed by atoms with Crippen LogP contribution < -0.4 is 5.73 Å². The van der Waals surface area contributed by atoms with E-state index in [1.807, 2.05) is 6.20 Å². The van der Waals surface area contributed by atoms with E-state index in [9.17, 15) is 0 Å². The average Bonchev–Trinajstić information content (AvgIpc) is 2.79. The Kier molecular flexibility index (Phi) is 3.61. The summed E-state index contributed by atoms with van der Waals surface area (Å²) in [5.41, 5.74) is 5.59. The van der Waals surface area contributed by atoms with Crippen molar-refractivity contribution in [3.8, 4) is 0 Å². The Morgan fingerprint density at radius 3 is 3.20 bits per heavy atom. The van der Waals surface area contributed by atoms with Crippen LogP contribution in [0.4, 0.5) is 5.82 Å². The number of hydrogen-bond acceptors (Lipinski definition) is 4. The molecule has 1 atom stereocenters. The summed E-state index contributed by atoms with van der Waals surface area (Å²) < 4.78 is 13.4. The van der Waals surface area contributed by atoms with Gasteiger partial charge in [0.05, 0.1) is 30.3 Å². The molecule has 0 amide bonds. The highest BCUT2D eigenvalue weighted by molar-refractivity contribution is 9.10. The maximum absolute atomic E-state index is 5.61. The molecule has 2 heterocycles. The highest BCUT2D eigenvalue weighted by Crippen LogP contribution is 2.16. The Bertz CT molecular complexity index is 304. The zero-order valence-electron chi connectivity index (χ0n) is 8.36. The molecule has 2 N–H and O–H groups in total. The van der Waals surface area contributed by atoms with Crippen molar-refractivity contribution in [3.05, 3.63) is 10.7 Å². The SMILES string of the molecule is Nc1nn(CCOC2CCOC2)cc1Br. The third-order valence-electron chi connectivity index (χ3n) is 2.31. The molecule has 84 valence electrons. The summed E-state index contributed by atoms with van der Waals surface area (Å²) >= 11 is 3.31. The number of nitrogen functional groups attached to an aromatic ring is 1. The number of ether oxygens (including phenoxy) is 2. The van der Waals surface area contributed by atoms with Gasteiger partial charge in [-0.1, -0.05) is 0 Å². The first kappa shape index (κ1) is 10.9. The fourth-order valence-electron chi connectivity index (χ4n) is 1.48. The highest BCUT2D eigenvalue weighted by atomic mass is 79.9. The van der Waals surface area contributed by atoms with E-state index in [1.54, 1.807) is 4.68 Å². The fourth-order valence-corrected chi connectivity index (χ4v) is 1.80. The van der Waals surface area contributed by atoms with Gasteiger partial charge >= 0.3 is 0 Å². The lowest BCUT2D eigenvalue weighted by Gasteiger charge is -2.09. The molecular formula is C9H14BrN3O2. The number of anilines is 1. The molecule has 0 radical (unpaired) electrons. The molecule has 0 spiro atoms. The van der Waals surface area contributed by atoms with Gasteiger partial charge in [-0.2, -0.15) is 5.10 Å². The summed E-state index contributed by atoms with van der Waals surface area (Å²) in [6.07, 6.45) is 3.09. The zero-order valence-corrected chi connectivity index (χ0v) is 9.94. The van der Waals surface area contributed by atoms with Crippen molar-refractivity contribution in [2.75, 3.05) is 25.6 Å². The lowest BCUT2D eigenvalue weighted by atomic mass is 10.3. The minimum atomic E-state index is 0.251. The van der Waals surface area contributed by atoms with E-state index in [2.05, 4.69) is 21.0 Å². The minimum Gasteiger partial charge on any atom is -0.381 e. The lowest BCUT2D eigenvalue weighted by molar-refractivity contribution is 0.0371. The van der Waals surface area contributed by atoms with E-state index in [0.29, 0.717) is 25.6 Å². The summed E-state index contributed by atoms with van der Waals surface area (Å²) in [6, 6.07) is 0. The van der Waals surface area contributed by atoms with Crippen molar-refractivity contribution in [2.45, 2.75) is 19.1 Å². The fraction of sp³-hybridized carbons (Fsp3) is 0.667. The largest absolute Gasteiger partial charge is 0.381 e. The van der Waals surface area contributed by atoms with Gasteiger partial charge in [-0.3, -0.25) is 4.68 Å². The minimum absolute atomic E-state index is 0.251. The molecule has 1 unspecified atom stereocenters. The van der Waals surface area contributed by atoms with Gasteiger partial charge in [0.1, 0.15) is 0 Å². The Labute approximate surface area is 96.7 Å². The molecule has 0 bridgehead atoms. The van der Waals surface area contributed by atoms with Gasteiger partial charge in [0.25, 0.3) is 0 Å². The molecule has 1 fully saturated rings. The van der Waals surface area contributed by atoms with Crippen LogP contribution in [0.1, 0.15) is 6.42 Å². The molecule has 1 aromatic rings. The second-order valence-electron chi connectivity index (χ2n) is 3.48. The highest BCUT2D eigenvalue weighted by Gasteiger charge is 2.15. The molecule has 6 heteroatoms.